The Kier molecular flexibility index (Phi) is 2.42. The molecule has 0 fully saturated rings. The van der Waals surface area contributed by atoms with Crippen molar-refractivity contribution in [2.45, 2.75) is 0 Å². The highest BCUT2D eigenvalue weighted by atomic mass is 16.6. The number of hydrogen-bond donors (Lipinski definition) is 2. The first-order chi connectivity index (χ1) is 7.66. The van der Waals surface area contributed by atoms with Crippen molar-refractivity contribution < 1.29 is 4.92 Å². The predicted octanol–water partition coefficient (Wildman–Crippen LogP) is 1.25. The van der Waals surface area contributed by atoms with E-state index in [0.29, 0.717) is 5.82 Å². The molecule has 2 aromatic heterocycles. The van der Waals surface area contributed by atoms with Crippen molar-refractivity contribution in [1.29, 1.82) is 0 Å². The van der Waals surface area contributed by atoms with E-state index in [2.05, 4.69) is 10.4 Å². The third-order valence-corrected chi connectivity index (χ3v) is 1.95. The second kappa shape index (κ2) is 3.89. The molecule has 0 aliphatic heterocycles. The largest absolute Gasteiger partial charge is 0.378 e. The Bertz CT molecular complexity index is 509. The zero-order valence-corrected chi connectivity index (χ0v) is 8.20. The van der Waals surface area contributed by atoms with Gasteiger partial charge < -0.3 is 5.73 Å². The fraction of sp³-hybridized carbons (Fsp3) is 0. The quantitative estimate of drug-likeness (QED) is 0.597. The lowest BCUT2D eigenvalue weighted by atomic mass is 10.4. The average molecular weight is 219 g/mol. The number of nitrogens with two attached hydrogens (primary N) is 1. The summed E-state index contributed by atoms with van der Waals surface area (Å²) in [6.45, 7) is 0. The number of pyridine rings is 1. The lowest BCUT2D eigenvalue weighted by molar-refractivity contribution is -0.384. The van der Waals surface area contributed by atoms with Crippen LogP contribution in [-0.4, -0.2) is 14.6 Å². The predicted molar refractivity (Wildman–Crippen MR) is 58.8 cm³/mol. The van der Waals surface area contributed by atoms with Crippen molar-refractivity contribution in [2.24, 2.45) is 0 Å². The highest BCUT2D eigenvalue weighted by Gasteiger charge is 2.12. The van der Waals surface area contributed by atoms with Crippen molar-refractivity contribution in [3.63, 3.8) is 0 Å². The summed E-state index contributed by atoms with van der Waals surface area (Å²) in [5, 5.41) is 10.5. The Morgan fingerprint density at radius 1 is 1.38 bits per heavy atom. The Morgan fingerprint density at radius 2 is 2.06 bits per heavy atom. The molecule has 0 amide bonds. The average Bonchev–Trinajstić information content (AvgIpc) is 2.70. The molecule has 0 radical (unpaired) electrons. The summed E-state index contributed by atoms with van der Waals surface area (Å²) in [7, 11) is 0. The van der Waals surface area contributed by atoms with Crippen LogP contribution < -0.4 is 11.2 Å². The van der Waals surface area contributed by atoms with E-state index in [0.717, 1.165) is 0 Å². The first-order valence-electron chi connectivity index (χ1n) is 4.48. The standard InChI is InChI=1S/C9H9N5O2/c10-9-7(14(15)16)3-4-8(11-9)12-13-5-1-2-6-13/h1-6H,(H3,10,11,12). The van der Waals surface area contributed by atoms with E-state index in [-0.39, 0.29) is 11.5 Å². The minimum atomic E-state index is -0.568. The van der Waals surface area contributed by atoms with Crippen LogP contribution in [0.3, 0.4) is 0 Å². The maximum absolute atomic E-state index is 10.5. The van der Waals surface area contributed by atoms with E-state index in [1.54, 1.807) is 17.1 Å². The molecular formula is C9H9N5O2. The van der Waals surface area contributed by atoms with Crippen LogP contribution >= 0.6 is 0 Å². The highest BCUT2D eigenvalue weighted by Crippen LogP contribution is 2.20. The highest BCUT2D eigenvalue weighted by molar-refractivity contribution is 5.57. The minimum Gasteiger partial charge on any atom is -0.378 e. The van der Waals surface area contributed by atoms with E-state index in [4.69, 9.17) is 5.73 Å². The molecule has 0 saturated heterocycles. The van der Waals surface area contributed by atoms with Crippen LogP contribution in [0, 0.1) is 10.1 Å². The van der Waals surface area contributed by atoms with Gasteiger partial charge in [0, 0.05) is 18.5 Å². The van der Waals surface area contributed by atoms with E-state index in [9.17, 15) is 10.1 Å². The van der Waals surface area contributed by atoms with Crippen molar-refractivity contribution in [3.05, 3.63) is 46.8 Å². The van der Waals surface area contributed by atoms with Crippen LogP contribution in [0.25, 0.3) is 0 Å². The number of nitrogen functional groups attached to an aromatic ring is 1. The summed E-state index contributed by atoms with van der Waals surface area (Å²) >= 11 is 0. The fourth-order valence-electron chi connectivity index (χ4n) is 1.23. The van der Waals surface area contributed by atoms with Crippen LogP contribution in [-0.2, 0) is 0 Å². The van der Waals surface area contributed by atoms with Crippen molar-refractivity contribution in [1.82, 2.24) is 9.66 Å². The number of hydrogen-bond acceptors (Lipinski definition) is 5. The molecule has 0 unspecified atom stereocenters. The summed E-state index contributed by atoms with van der Waals surface area (Å²) in [5.41, 5.74) is 8.15. The Labute approximate surface area is 90.6 Å². The maximum Gasteiger partial charge on any atom is 0.311 e. The van der Waals surface area contributed by atoms with Crippen LogP contribution in [0.1, 0.15) is 0 Å². The van der Waals surface area contributed by atoms with E-state index in [1.165, 1.54) is 12.1 Å². The van der Waals surface area contributed by atoms with Gasteiger partial charge in [0.25, 0.3) is 0 Å². The zero-order valence-electron chi connectivity index (χ0n) is 8.20. The van der Waals surface area contributed by atoms with Gasteiger partial charge in [0.2, 0.25) is 5.82 Å². The number of nitro groups is 1. The van der Waals surface area contributed by atoms with Crippen LogP contribution in [0.2, 0.25) is 0 Å². The van der Waals surface area contributed by atoms with E-state index in [1.807, 2.05) is 12.1 Å². The summed E-state index contributed by atoms with van der Waals surface area (Å²) in [6.07, 6.45) is 3.55. The molecule has 2 rings (SSSR count). The molecule has 2 heterocycles. The molecule has 0 bridgehead atoms. The molecule has 0 aliphatic rings. The SMILES string of the molecule is Nc1nc(Nn2cccc2)ccc1[N+](=O)[O-]. The molecule has 0 saturated carbocycles. The van der Waals surface area contributed by atoms with Gasteiger partial charge in [0.05, 0.1) is 4.92 Å². The lowest BCUT2D eigenvalue weighted by Crippen LogP contribution is -2.09. The van der Waals surface area contributed by atoms with E-state index >= 15 is 0 Å². The Morgan fingerprint density at radius 3 is 2.62 bits per heavy atom. The number of anilines is 2. The Hall–Kier alpha value is -2.57. The van der Waals surface area contributed by atoms with Gasteiger partial charge in [0.15, 0.2) is 0 Å². The van der Waals surface area contributed by atoms with Gasteiger partial charge in [-0.05, 0) is 18.2 Å². The van der Waals surface area contributed by atoms with Gasteiger partial charge in [-0.3, -0.25) is 20.2 Å². The topological polar surface area (TPSA) is 99.0 Å². The fourth-order valence-corrected chi connectivity index (χ4v) is 1.23. The second-order valence-electron chi connectivity index (χ2n) is 3.06. The lowest BCUT2D eigenvalue weighted by Gasteiger charge is -2.06. The first kappa shape index (κ1) is 9.97. The number of rotatable bonds is 3. The molecule has 0 atom stereocenters. The van der Waals surface area contributed by atoms with Crippen LogP contribution in [0.4, 0.5) is 17.3 Å². The molecule has 16 heavy (non-hydrogen) atoms. The van der Waals surface area contributed by atoms with Gasteiger partial charge in [-0.15, -0.1) is 0 Å². The third-order valence-electron chi connectivity index (χ3n) is 1.95. The van der Waals surface area contributed by atoms with Crippen molar-refractivity contribution in [2.75, 3.05) is 11.2 Å². The molecule has 7 heteroatoms. The molecular weight excluding hydrogens is 210 g/mol. The van der Waals surface area contributed by atoms with Crippen LogP contribution in [0.5, 0.6) is 0 Å². The molecule has 0 aromatic carbocycles. The van der Waals surface area contributed by atoms with Gasteiger partial charge in [0.1, 0.15) is 5.82 Å². The zero-order chi connectivity index (χ0) is 11.5. The van der Waals surface area contributed by atoms with E-state index < -0.39 is 4.92 Å². The van der Waals surface area contributed by atoms with Gasteiger partial charge in [-0.2, -0.15) is 0 Å². The molecule has 3 N–H and O–H groups in total. The summed E-state index contributed by atoms with van der Waals surface area (Å²) in [6, 6.07) is 6.48. The second-order valence-corrected chi connectivity index (χ2v) is 3.06. The molecule has 0 aliphatic carbocycles. The van der Waals surface area contributed by atoms with Crippen molar-refractivity contribution >= 4 is 17.3 Å². The maximum atomic E-state index is 10.5. The van der Waals surface area contributed by atoms with Gasteiger partial charge >= 0.3 is 5.69 Å². The number of aromatic nitrogens is 2. The van der Waals surface area contributed by atoms with Gasteiger partial charge in [-0.1, -0.05) is 0 Å². The number of nitrogens with one attached hydrogen (secondary N) is 1. The third kappa shape index (κ3) is 1.92. The molecule has 2 aromatic rings. The summed E-state index contributed by atoms with van der Waals surface area (Å²) < 4.78 is 1.66. The minimum absolute atomic E-state index is 0.109. The molecule has 82 valence electrons. The number of nitrogens with zero attached hydrogens (tertiary/aromatic N) is 3. The molecule has 0 spiro atoms. The smallest absolute Gasteiger partial charge is 0.311 e. The Balaban J connectivity index is 2.24. The van der Waals surface area contributed by atoms with Crippen LogP contribution in [0.15, 0.2) is 36.7 Å². The first-order valence-corrected chi connectivity index (χ1v) is 4.48. The van der Waals surface area contributed by atoms with Crippen molar-refractivity contribution in [3.8, 4) is 0 Å². The normalized spacial score (nSPS) is 10.0. The summed E-state index contributed by atoms with van der Waals surface area (Å²) in [4.78, 5) is 13.8. The summed E-state index contributed by atoms with van der Waals surface area (Å²) in [5.74, 6) is 0.335. The van der Waals surface area contributed by atoms with Gasteiger partial charge in [-0.25, -0.2) is 4.98 Å². The molecule has 7 nitrogen and oxygen atoms in total. The monoisotopic (exact) mass is 219 g/mol.